The zero-order valence-corrected chi connectivity index (χ0v) is 16.8. The number of carbonyl (C=O) groups is 2. The lowest BCUT2D eigenvalue weighted by Crippen LogP contribution is -2.47. The molecular formula is C21H28N2O3S. The van der Waals surface area contributed by atoms with Crippen LogP contribution in [0.3, 0.4) is 0 Å². The quantitative estimate of drug-likeness (QED) is 0.601. The van der Waals surface area contributed by atoms with Crippen LogP contribution in [0.5, 0.6) is 0 Å². The summed E-state index contributed by atoms with van der Waals surface area (Å²) in [6.07, 6.45) is 7.03. The van der Waals surface area contributed by atoms with Gasteiger partial charge in [-0.15, -0.1) is 11.3 Å². The summed E-state index contributed by atoms with van der Waals surface area (Å²) >= 11 is 1.51. The molecule has 1 N–H and O–H groups in total. The lowest BCUT2D eigenvalue weighted by atomic mass is 9.80. The minimum Gasteiger partial charge on any atom is -0.380 e. The predicted octanol–water partition coefficient (Wildman–Crippen LogP) is 3.02. The molecule has 0 aromatic carbocycles. The molecule has 6 heteroatoms. The number of rotatable bonds is 6. The van der Waals surface area contributed by atoms with Gasteiger partial charge in [0.05, 0.1) is 23.5 Å². The molecule has 0 bridgehead atoms. The highest BCUT2D eigenvalue weighted by atomic mass is 32.1. The molecule has 0 saturated carbocycles. The van der Waals surface area contributed by atoms with Gasteiger partial charge in [0, 0.05) is 32.1 Å². The van der Waals surface area contributed by atoms with Crippen molar-refractivity contribution in [3.8, 4) is 0 Å². The average molecular weight is 389 g/mol. The Morgan fingerprint density at radius 3 is 3.04 bits per heavy atom. The molecule has 1 aromatic rings. The number of allylic oxidation sites excluding steroid dienone is 1. The van der Waals surface area contributed by atoms with Crippen LogP contribution in [0.4, 0.5) is 0 Å². The van der Waals surface area contributed by atoms with Crippen LogP contribution in [0.2, 0.25) is 0 Å². The van der Waals surface area contributed by atoms with Crippen LogP contribution in [-0.2, 0) is 16.1 Å². The topological polar surface area (TPSA) is 58.6 Å². The van der Waals surface area contributed by atoms with Crippen molar-refractivity contribution in [3.05, 3.63) is 33.5 Å². The van der Waals surface area contributed by atoms with E-state index in [0.29, 0.717) is 19.8 Å². The highest BCUT2D eigenvalue weighted by molar-refractivity contribution is 7.12. The molecule has 5 nitrogen and oxygen atoms in total. The summed E-state index contributed by atoms with van der Waals surface area (Å²) < 4.78 is 5.72. The van der Waals surface area contributed by atoms with E-state index in [1.807, 2.05) is 6.07 Å². The number of thiophene rings is 1. The minimum atomic E-state index is -0.422. The van der Waals surface area contributed by atoms with Gasteiger partial charge < -0.3 is 10.1 Å². The molecule has 27 heavy (non-hydrogen) atoms. The summed E-state index contributed by atoms with van der Waals surface area (Å²) in [5.74, 6) is 0.517. The number of nitrogens with one attached hydrogen (secondary N) is 1. The van der Waals surface area contributed by atoms with Crippen molar-refractivity contribution in [3.63, 3.8) is 0 Å². The first-order valence-corrected chi connectivity index (χ1v) is 10.8. The minimum absolute atomic E-state index is 0.116. The van der Waals surface area contributed by atoms with Gasteiger partial charge in [-0.1, -0.05) is 11.6 Å². The van der Waals surface area contributed by atoms with Crippen LogP contribution in [0.25, 0.3) is 0 Å². The fraction of sp³-hybridized carbons (Fsp3) is 0.619. The second-order valence-corrected chi connectivity index (χ2v) is 9.12. The number of amides is 1. The number of nitrogens with zero attached hydrogens (tertiary/aromatic N) is 1. The zero-order chi connectivity index (χ0) is 18.9. The average Bonchev–Trinajstić information content (AvgIpc) is 3.35. The Bertz CT molecular complexity index is 756. The first-order valence-electron chi connectivity index (χ1n) is 9.91. The first-order chi connectivity index (χ1) is 13.1. The summed E-state index contributed by atoms with van der Waals surface area (Å²) in [6.45, 7) is 5.86. The molecule has 2 aliphatic heterocycles. The first kappa shape index (κ1) is 18.8. The second-order valence-electron chi connectivity index (χ2n) is 8.20. The maximum absolute atomic E-state index is 13.1. The Morgan fingerprint density at radius 1 is 1.41 bits per heavy atom. The fourth-order valence-electron chi connectivity index (χ4n) is 4.62. The normalized spacial score (nSPS) is 28.0. The summed E-state index contributed by atoms with van der Waals surface area (Å²) in [5, 5.41) is 5.26. The lowest BCUT2D eigenvalue weighted by molar-refractivity contribution is -0.131. The molecule has 1 aliphatic carbocycles. The van der Waals surface area contributed by atoms with Gasteiger partial charge in [-0.2, -0.15) is 0 Å². The van der Waals surface area contributed by atoms with Gasteiger partial charge in [0.1, 0.15) is 0 Å². The summed E-state index contributed by atoms with van der Waals surface area (Å²) in [4.78, 5) is 27.8. The Balaban J connectivity index is 1.39. The van der Waals surface area contributed by atoms with Crippen LogP contribution in [0.15, 0.2) is 23.1 Å². The van der Waals surface area contributed by atoms with E-state index in [2.05, 4.69) is 21.7 Å². The molecule has 1 amide bonds. The third-order valence-corrected chi connectivity index (χ3v) is 7.24. The molecule has 0 unspecified atom stereocenters. The standard InChI is InChI=1S/C21H28N2O3S/c1-15(24)19-7-17(12-27-19)9-23-10-18-11-26-14-21(18,13-23)20(25)22-8-16-5-3-2-4-6-16/h5,7,12,18H,2-4,6,8-11,13-14H2,1H3,(H,22,25)/t18-,21-/m1/s1. The summed E-state index contributed by atoms with van der Waals surface area (Å²) in [7, 11) is 0. The lowest BCUT2D eigenvalue weighted by Gasteiger charge is -2.26. The van der Waals surface area contributed by atoms with Crippen molar-refractivity contribution in [2.24, 2.45) is 11.3 Å². The van der Waals surface area contributed by atoms with Crippen molar-refractivity contribution in [1.82, 2.24) is 10.2 Å². The number of ether oxygens (including phenoxy) is 1. The van der Waals surface area contributed by atoms with Crippen molar-refractivity contribution in [1.29, 1.82) is 0 Å². The van der Waals surface area contributed by atoms with Crippen LogP contribution < -0.4 is 5.32 Å². The molecule has 0 spiro atoms. The second kappa shape index (κ2) is 7.86. The maximum Gasteiger partial charge on any atom is 0.230 e. The monoisotopic (exact) mass is 388 g/mol. The van der Waals surface area contributed by atoms with Crippen molar-refractivity contribution in [2.45, 2.75) is 39.2 Å². The van der Waals surface area contributed by atoms with Crippen molar-refractivity contribution >= 4 is 23.0 Å². The Hall–Kier alpha value is -1.50. The number of Topliss-reactive ketones (excluding diaryl/α,β-unsaturated/α-hetero) is 1. The SMILES string of the molecule is CC(=O)c1cc(CN2C[C@@H]3COC[C@]3(C(=O)NCC3=CCCCC3)C2)cs1. The van der Waals surface area contributed by atoms with Crippen LogP contribution in [0.1, 0.15) is 47.8 Å². The zero-order valence-electron chi connectivity index (χ0n) is 16.0. The van der Waals surface area contributed by atoms with E-state index in [1.54, 1.807) is 6.92 Å². The third-order valence-electron chi connectivity index (χ3n) is 6.16. The van der Waals surface area contributed by atoms with Gasteiger partial charge in [-0.05, 0) is 49.6 Å². The molecule has 2 fully saturated rings. The van der Waals surface area contributed by atoms with Gasteiger partial charge in [-0.3, -0.25) is 14.5 Å². The Kier molecular flexibility index (Phi) is 5.48. The summed E-state index contributed by atoms with van der Waals surface area (Å²) in [6, 6.07) is 1.99. The van der Waals surface area contributed by atoms with Gasteiger partial charge in [-0.25, -0.2) is 0 Å². The number of likely N-dealkylation sites (tertiary alicyclic amines) is 1. The number of hydrogen-bond donors (Lipinski definition) is 1. The van der Waals surface area contributed by atoms with Crippen LogP contribution in [-0.4, -0.2) is 49.4 Å². The van der Waals surface area contributed by atoms with Crippen LogP contribution >= 0.6 is 11.3 Å². The molecule has 2 saturated heterocycles. The van der Waals surface area contributed by atoms with E-state index in [1.165, 1.54) is 29.8 Å². The highest BCUT2D eigenvalue weighted by Gasteiger charge is 2.55. The Labute approximate surface area is 164 Å². The van der Waals surface area contributed by atoms with E-state index < -0.39 is 5.41 Å². The smallest absolute Gasteiger partial charge is 0.230 e. The molecule has 4 rings (SSSR count). The number of ketones is 1. The molecule has 2 atom stereocenters. The van der Waals surface area contributed by atoms with Gasteiger partial charge >= 0.3 is 0 Å². The molecule has 1 aromatic heterocycles. The van der Waals surface area contributed by atoms with E-state index in [0.717, 1.165) is 42.9 Å². The number of carbonyl (C=O) groups excluding carboxylic acids is 2. The molecule has 3 aliphatic rings. The van der Waals surface area contributed by atoms with Crippen molar-refractivity contribution in [2.75, 3.05) is 32.8 Å². The van der Waals surface area contributed by atoms with E-state index in [-0.39, 0.29) is 17.6 Å². The molecule has 0 radical (unpaired) electrons. The van der Waals surface area contributed by atoms with Gasteiger partial charge in [0.2, 0.25) is 5.91 Å². The molecular weight excluding hydrogens is 360 g/mol. The van der Waals surface area contributed by atoms with E-state index >= 15 is 0 Å². The fourth-order valence-corrected chi connectivity index (χ4v) is 5.42. The highest BCUT2D eigenvalue weighted by Crippen LogP contribution is 2.42. The van der Waals surface area contributed by atoms with Crippen LogP contribution in [0, 0.1) is 11.3 Å². The predicted molar refractivity (Wildman–Crippen MR) is 106 cm³/mol. The maximum atomic E-state index is 13.1. The third kappa shape index (κ3) is 3.89. The van der Waals surface area contributed by atoms with Gasteiger partial charge in [0.15, 0.2) is 5.78 Å². The number of hydrogen-bond acceptors (Lipinski definition) is 5. The van der Waals surface area contributed by atoms with Gasteiger partial charge in [0.25, 0.3) is 0 Å². The Morgan fingerprint density at radius 2 is 2.30 bits per heavy atom. The van der Waals surface area contributed by atoms with E-state index in [9.17, 15) is 9.59 Å². The van der Waals surface area contributed by atoms with E-state index in [4.69, 9.17) is 4.74 Å². The molecule has 3 heterocycles. The largest absolute Gasteiger partial charge is 0.380 e. The van der Waals surface area contributed by atoms with Crippen molar-refractivity contribution < 1.29 is 14.3 Å². The molecule has 146 valence electrons. The number of fused-ring (bicyclic) bond motifs is 1. The summed E-state index contributed by atoms with van der Waals surface area (Å²) in [5.41, 5.74) is 2.11.